The van der Waals surface area contributed by atoms with E-state index in [2.05, 4.69) is 41.3 Å². The number of piperidine rings is 1. The first kappa shape index (κ1) is 20.9. The lowest BCUT2D eigenvalue weighted by atomic mass is 9.93. The summed E-state index contributed by atoms with van der Waals surface area (Å²) >= 11 is 0. The first-order chi connectivity index (χ1) is 9.49. The van der Waals surface area contributed by atoms with Crippen molar-refractivity contribution in [1.29, 1.82) is 0 Å². The molecule has 0 aromatic carbocycles. The second kappa shape index (κ2) is 10.6. The maximum absolute atomic E-state index is 5.04. The van der Waals surface area contributed by atoms with Gasteiger partial charge in [-0.1, -0.05) is 6.92 Å². The number of nitrogens with one attached hydrogen (secondary N) is 2. The maximum atomic E-state index is 5.04. The molecule has 6 heteroatoms. The van der Waals surface area contributed by atoms with E-state index in [4.69, 9.17) is 4.74 Å². The summed E-state index contributed by atoms with van der Waals surface area (Å²) in [6.45, 7) is 11.7. The van der Waals surface area contributed by atoms with Gasteiger partial charge < -0.3 is 15.4 Å². The summed E-state index contributed by atoms with van der Waals surface area (Å²) < 4.78 is 5.04. The van der Waals surface area contributed by atoms with Crippen LogP contribution in [0, 0.1) is 5.92 Å². The summed E-state index contributed by atoms with van der Waals surface area (Å²) in [5.41, 5.74) is 0.146. The number of likely N-dealkylation sites (tertiary alicyclic amines) is 1. The van der Waals surface area contributed by atoms with Gasteiger partial charge in [0.2, 0.25) is 0 Å². The Bertz CT molecular complexity index is 310. The first-order valence-electron chi connectivity index (χ1n) is 7.68. The zero-order valence-electron chi connectivity index (χ0n) is 14.2. The highest BCUT2D eigenvalue weighted by Gasteiger charge is 2.30. The molecule has 0 aliphatic carbocycles. The molecule has 1 aliphatic rings. The van der Waals surface area contributed by atoms with E-state index in [0.717, 1.165) is 25.0 Å². The van der Waals surface area contributed by atoms with Gasteiger partial charge in [0.05, 0.1) is 6.61 Å². The molecule has 1 heterocycles. The molecule has 1 atom stereocenters. The second-order valence-corrected chi connectivity index (χ2v) is 6.35. The molecule has 126 valence electrons. The van der Waals surface area contributed by atoms with Crippen molar-refractivity contribution in [1.82, 2.24) is 15.5 Å². The minimum absolute atomic E-state index is 0. The Kier molecular flexibility index (Phi) is 10.6. The van der Waals surface area contributed by atoms with Crippen LogP contribution in [-0.2, 0) is 4.74 Å². The monoisotopic (exact) mass is 412 g/mol. The lowest BCUT2D eigenvalue weighted by molar-refractivity contribution is 0.0739. The zero-order valence-corrected chi connectivity index (χ0v) is 16.6. The van der Waals surface area contributed by atoms with Crippen molar-refractivity contribution in [2.45, 2.75) is 39.2 Å². The highest BCUT2D eigenvalue weighted by atomic mass is 127. The first-order valence-corrected chi connectivity index (χ1v) is 7.68. The van der Waals surface area contributed by atoms with Crippen molar-refractivity contribution >= 4 is 29.9 Å². The van der Waals surface area contributed by atoms with E-state index in [9.17, 15) is 0 Å². The van der Waals surface area contributed by atoms with Gasteiger partial charge in [-0.05, 0) is 39.2 Å². The fraction of sp³-hybridized carbons (Fsp3) is 0.933. The third kappa shape index (κ3) is 7.65. The molecule has 1 unspecified atom stereocenters. The standard InChI is InChI=1S/C15H32N4O.HI/c1-13-7-6-9-19(11-13)15(2,3)12-18-14(16-4)17-8-10-20-5;/h13H,6-12H2,1-5H3,(H2,16,17,18);1H. The molecule has 1 saturated heterocycles. The van der Waals surface area contributed by atoms with Crippen LogP contribution in [0.2, 0.25) is 0 Å². The third-order valence-corrected chi connectivity index (χ3v) is 4.02. The minimum atomic E-state index is 0. The number of rotatable bonds is 6. The van der Waals surface area contributed by atoms with E-state index in [-0.39, 0.29) is 29.5 Å². The molecule has 1 rings (SSSR count). The number of nitrogens with zero attached hydrogens (tertiary/aromatic N) is 2. The third-order valence-electron chi connectivity index (χ3n) is 4.02. The van der Waals surface area contributed by atoms with Crippen LogP contribution >= 0.6 is 24.0 Å². The largest absolute Gasteiger partial charge is 0.383 e. The van der Waals surface area contributed by atoms with E-state index >= 15 is 0 Å². The normalized spacial score (nSPS) is 20.8. The quantitative estimate of drug-likeness (QED) is 0.303. The van der Waals surface area contributed by atoms with Crippen molar-refractivity contribution in [3.05, 3.63) is 0 Å². The second-order valence-electron chi connectivity index (χ2n) is 6.35. The molecular weight excluding hydrogens is 379 g/mol. The van der Waals surface area contributed by atoms with Gasteiger partial charge in [0.25, 0.3) is 0 Å². The number of ether oxygens (including phenoxy) is 1. The van der Waals surface area contributed by atoms with Crippen LogP contribution < -0.4 is 10.6 Å². The topological polar surface area (TPSA) is 48.9 Å². The Morgan fingerprint density at radius 2 is 2.10 bits per heavy atom. The smallest absolute Gasteiger partial charge is 0.191 e. The minimum Gasteiger partial charge on any atom is -0.383 e. The number of methoxy groups -OCH3 is 1. The molecular formula is C15H33IN4O. The van der Waals surface area contributed by atoms with E-state index in [1.165, 1.54) is 25.9 Å². The summed E-state index contributed by atoms with van der Waals surface area (Å²) in [4.78, 5) is 6.84. The van der Waals surface area contributed by atoms with Crippen molar-refractivity contribution in [3.63, 3.8) is 0 Å². The van der Waals surface area contributed by atoms with E-state index in [1.54, 1.807) is 14.2 Å². The van der Waals surface area contributed by atoms with Gasteiger partial charge in [-0.25, -0.2) is 0 Å². The number of aliphatic imine (C=N–C) groups is 1. The molecule has 1 aliphatic heterocycles. The van der Waals surface area contributed by atoms with Gasteiger partial charge in [-0.3, -0.25) is 9.89 Å². The molecule has 0 amide bonds. The molecule has 0 bridgehead atoms. The molecule has 0 spiro atoms. The Labute approximate surface area is 147 Å². The van der Waals surface area contributed by atoms with E-state index < -0.39 is 0 Å². The van der Waals surface area contributed by atoms with Crippen LogP contribution in [0.5, 0.6) is 0 Å². The molecule has 0 saturated carbocycles. The summed E-state index contributed by atoms with van der Waals surface area (Å²) in [6, 6.07) is 0. The Hall–Kier alpha value is -0.0800. The Morgan fingerprint density at radius 1 is 1.38 bits per heavy atom. The average Bonchev–Trinajstić information content (AvgIpc) is 2.42. The van der Waals surface area contributed by atoms with Crippen LogP contribution in [0.25, 0.3) is 0 Å². The predicted molar refractivity (Wildman–Crippen MR) is 101 cm³/mol. The Morgan fingerprint density at radius 3 is 2.67 bits per heavy atom. The SMILES string of the molecule is CN=C(NCCOC)NCC(C)(C)N1CCCC(C)C1.I. The van der Waals surface area contributed by atoms with E-state index in [0.29, 0.717) is 6.61 Å². The molecule has 0 radical (unpaired) electrons. The fourth-order valence-corrected chi connectivity index (χ4v) is 2.64. The molecule has 0 aromatic rings. The van der Waals surface area contributed by atoms with Gasteiger partial charge in [-0.2, -0.15) is 0 Å². The predicted octanol–water partition coefficient (Wildman–Crippen LogP) is 1.93. The molecule has 21 heavy (non-hydrogen) atoms. The van der Waals surface area contributed by atoms with Gasteiger partial charge in [0.15, 0.2) is 5.96 Å². The summed E-state index contributed by atoms with van der Waals surface area (Å²) in [5, 5.41) is 6.67. The van der Waals surface area contributed by atoms with Crippen LogP contribution in [0.15, 0.2) is 4.99 Å². The van der Waals surface area contributed by atoms with Crippen molar-refractivity contribution in [2.75, 3.05) is 46.9 Å². The van der Waals surface area contributed by atoms with Gasteiger partial charge in [0.1, 0.15) is 0 Å². The summed E-state index contributed by atoms with van der Waals surface area (Å²) in [5.74, 6) is 1.65. The number of hydrogen-bond donors (Lipinski definition) is 2. The van der Waals surface area contributed by atoms with Crippen molar-refractivity contribution < 1.29 is 4.74 Å². The van der Waals surface area contributed by atoms with Crippen molar-refractivity contribution in [3.8, 4) is 0 Å². The lowest BCUT2D eigenvalue weighted by Gasteiger charge is -2.43. The summed E-state index contributed by atoms with van der Waals surface area (Å²) in [6.07, 6.45) is 2.67. The van der Waals surface area contributed by atoms with Crippen LogP contribution in [0.3, 0.4) is 0 Å². The molecule has 0 aromatic heterocycles. The molecule has 2 N–H and O–H groups in total. The van der Waals surface area contributed by atoms with Gasteiger partial charge >= 0.3 is 0 Å². The number of halogens is 1. The molecule has 5 nitrogen and oxygen atoms in total. The van der Waals surface area contributed by atoms with Crippen LogP contribution in [0.1, 0.15) is 33.6 Å². The van der Waals surface area contributed by atoms with Crippen LogP contribution in [-0.4, -0.2) is 63.3 Å². The highest BCUT2D eigenvalue weighted by Crippen LogP contribution is 2.23. The Balaban J connectivity index is 0.00000400. The van der Waals surface area contributed by atoms with E-state index in [1.807, 2.05) is 0 Å². The van der Waals surface area contributed by atoms with Gasteiger partial charge in [0, 0.05) is 39.3 Å². The average molecular weight is 412 g/mol. The fourth-order valence-electron chi connectivity index (χ4n) is 2.64. The number of guanidine groups is 1. The molecule has 1 fully saturated rings. The summed E-state index contributed by atoms with van der Waals surface area (Å²) in [7, 11) is 3.51. The lowest BCUT2D eigenvalue weighted by Crippen LogP contribution is -2.56. The highest BCUT2D eigenvalue weighted by molar-refractivity contribution is 14.0. The number of hydrogen-bond acceptors (Lipinski definition) is 3. The van der Waals surface area contributed by atoms with Crippen molar-refractivity contribution in [2.24, 2.45) is 10.9 Å². The van der Waals surface area contributed by atoms with Gasteiger partial charge in [-0.15, -0.1) is 24.0 Å². The maximum Gasteiger partial charge on any atom is 0.191 e. The zero-order chi connectivity index (χ0) is 15.0. The van der Waals surface area contributed by atoms with Crippen LogP contribution in [0.4, 0.5) is 0 Å².